The van der Waals surface area contributed by atoms with Crippen LogP contribution >= 0.6 is 0 Å². The smallest absolute Gasteiger partial charge is 0.306 e. The lowest BCUT2D eigenvalue weighted by atomic mass is 9.85. The Morgan fingerprint density at radius 3 is 2.35 bits per heavy atom. The predicted octanol–water partition coefficient (Wildman–Crippen LogP) is 4.70. The molecule has 34 heavy (non-hydrogen) atoms. The molecule has 1 heterocycles. The number of aromatic amines is 1. The van der Waals surface area contributed by atoms with Gasteiger partial charge >= 0.3 is 5.97 Å². The van der Waals surface area contributed by atoms with Crippen LogP contribution in [0.5, 0.6) is 0 Å². The van der Waals surface area contributed by atoms with Gasteiger partial charge in [0, 0.05) is 24.6 Å². The van der Waals surface area contributed by atoms with E-state index < -0.39 is 5.97 Å². The van der Waals surface area contributed by atoms with Crippen LogP contribution in [0, 0.1) is 5.92 Å². The van der Waals surface area contributed by atoms with Crippen LogP contribution in [0.15, 0.2) is 48.5 Å². The lowest BCUT2D eigenvalue weighted by Crippen LogP contribution is -2.42. The molecule has 178 valence electrons. The van der Waals surface area contributed by atoms with E-state index in [1.807, 2.05) is 29.2 Å². The number of rotatable bonds is 9. The van der Waals surface area contributed by atoms with Gasteiger partial charge < -0.3 is 10.0 Å². The maximum Gasteiger partial charge on any atom is 0.306 e. The van der Waals surface area contributed by atoms with Gasteiger partial charge in [0.05, 0.1) is 5.92 Å². The number of nitrogens with zero attached hydrogens (tertiary/aromatic N) is 4. The number of carbonyl (C=O) groups excluding carboxylic acids is 1. The molecule has 8 nitrogen and oxygen atoms in total. The van der Waals surface area contributed by atoms with Crippen molar-refractivity contribution < 1.29 is 14.7 Å². The fourth-order valence-electron chi connectivity index (χ4n) is 4.72. The maximum absolute atomic E-state index is 13.1. The summed E-state index contributed by atoms with van der Waals surface area (Å²) < 4.78 is 0. The van der Waals surface area contributed by atoms with Gasteiger partial charge in [-0.2, -0.15) is 5.21 Å². The molecule has 0 atom stereocenters. The van der Waals surface area contributed by atoms with E-state index in [1.165, 1.54) is 0 Å². The lowest BCUT2D eigenvalue weighted by Gasteiger charge is -2.36. The molecule has 1 aromatic heterocycles. The van der Waals surface area contributed by atoms with Gasteiger partial charge in [-0.15, -0.1) is 10.2 Å². The number of hydrogen-bond donors (Lipinski definition) is 2. The molecule has 0 spiro atoms. The Balaban J connectivity index is 1.51. The molecule has 2 aromatic carbocycles. The third-order valence-electron chi connectivity index (χ3n) is 6.68. The number of aliphatic carboxylic acids is 1. The first-order valence-corrected chi connectivity index (χ1v) is 12.0. The zero-order valence-electron chi connectivity index (χ0n) is 19.5. The number of hydrogen-bond acceptors (Lipinski definition) is 5. The second-order valence-corrected chi connectivity index (χ2v) is 8.95. The zero-order valence-corrected chi connectivity index (χ0v) is 19.5. The van der Waals surface area contributed by atoms with Crippen molar-refractivity contribution in [3.05, 3.63) is 54.1 Å². The molecule has 1 amide bonds. The molecule has 1 aliphatic rings. The topological polar surface area (TPSA) is 112 Å². The monoisotopic (exact) mass is 461 g/mol. The summed E-state index contributed by atoms with van der Waals surface area (Å²) in [4.78, 5) is 26.4. The van der Waals surface area contributed by atoms with Crippen molar-refractivity contribution in [2.75, 3.05) is 0 Å². The normalized spacial score (nSPS) is 17.9. The van der Waals surface area contributed by atoms with Gasteiger partial charge in [0.25, 0.3) is 0 Å². The van der Waals surface area contributed by atoms with E-state index in [-0.39, 0.29) is 17.9 Å². The van der Waals surface area contributed by atoms with Gasteiger partial charge in [-0.1, -0.05) is 61.9 Å². The summed E-state index contributed by atoms with van der Waals surface area (Å²) in [5.74, 6) is -0.308. The third-order valence-corrected chi connectivity index (χ3v) is 6.68. The highest BCUT2D eigenvalue weighted by molar-refractivity contribution is 5.80. The quantitative estimate of drug-likeness (QED) is 0.478. The van der Waals surface area contributed by atoms with Crippen molar-refractivity contribution in [2.24, 2.45) is 5.92 Å². The molecule has 1 saturated carbocycles. The Morgan fingerprint density at radius 1 is 1.03 bits per heavy atom. The number of benzene rings is 2. The van der Waals surface area contributed by atoms with Gasteiger partial charge in [-0.05, 0) is 54.0 Å². The second-order valence-electron chi connectivity index (χ2n) is 8.95. The van der Waals surface area contributed by atoms with E-state index in [0.29, 0.717) is 31.6 Å². The van der Waals surface area contributed by atoms with Crippen molar-refractivity contribution in [1.29, 1.82) is 0 Å². The highest BCUT2D eigenvalue weighted by atomic mass is 16.4. The highest BCUT2D eigenvalue weighted by Crippen LogP contribution is 2.32. The van der Waals surface area contributed by atoms with Gasteiger partial charge in [0.1, 0.15) is 0 Å². The van der Waals surface area contributed by atoms with Crippen LogP contribution in [0.25, 0.3) is 22.5 Å². The van der Waals surface area contributed by atoms with E-state index in [1.54, 1.807) is 0 Å². The fraction of sp³-hybridized carbons (Fsp3) is 0.423. The Morgan fingerprint density at radius 2 is 1.74 bits per heavy atom. The summed E-state index contributed by atoms with van der Waals surface area (Å²) in [5.41, 5.74) is 4.01. The third kappa shape index (κ3) is 5.50. The van der Waals surface area contributed by atoms with Crippen LogP contribution in [0.4, 0.5) is 0 Å². The molecule has 3 aromatic rings. The molecular formula is C26H31N5O3. The number of carboxylic acids is 1. The van der Waals surface area contributed by atoms with Crippen molar-refractivity contribution in [3.8, 4) is 22.5 Å². The van der Waals surface area contributed by atoms with Crippen LogP contribution in [0.2, 0.25) is 0 Å². The molecule has 1 fully saturated rings. The molecule has 8 heteroatoms. The molecule has 0 aliphatic heterocycles. The Kier molecular flexibility index (Phi) is 7.67. The fourth-order valence-corrected chi connectivity index (χ4v) is 4.72. The summed E-state index contributed by atoms with van der Waals surface area (Å²) in [6.45, 7) is 2.62. The summed E-state index contributed by atoms with van der Waals surface area (Å²) in [6, 6.07) is 16.3. The first kappa shape index (κ1) is 23.6. The minimum atomic E-state index is -0.723. The largest absolute Gasteiger partial charge is 0.481 e. The van der Waals surface area contributed by atoms with Crippen molar-refractivity contribution >= 4 is 11.9 Å². The van der Waals surface area contributed by atoms with Gasteiger partial charge in [-0.3, -0.25) is 9.59 Å². The Bertz CT molecular complexity index is 1090. The van der Waals surface area contributed by atoms with Crippen LogP contribution < -0.4 is 0 Å². The number of carbonyl (C=O) groups is 2. The minimum Gasteiger partial charge on any atom is -0.481 e. The van der Waals surface area contributed by atoms with Crippen LogP contribution in [-0.4, -0.2) is 48.5 Å². The van der Waals surface area contributed by atoms with E-state index in [4.69, 9.17) is 0 Å². The van der Waals surface area contributed by atoms with Gasteiger partial charge in [0.2, 0.25) is 11.7 Å². The Labute approximate surface area is 199 Å². The number of amides is 1. The van der Waals surface area contributed by atoms with E-state index in [9.17, 15) is 14.7 Å². The summed E-state index contributed by atoms with van der Waals surface area (Å²) >= 11 is 0. The van der Waals surface area contributed by atoms with Crippen molar-refractivity contribution in [2.45, 2.75) is 64.5 Å². The number of nitrogens with one attached hydrogen (secondary N) is 1. The SMILES string of the molecule is CCCCC(=O)N(Cc1ccc(-c2ccccc2-c2nn[nH]n2)cc1)C1CCC(C(=O)O)CC1. The molecule has 0 unspecified atom stereocenters. The van der Waals surface area contributed by atoms with E-state index >= 15 is 0 Å². The average Bonchev–Trinajstić information content (AvgIpc) is 3.41. The number of carboxylic acid groups (broad SMARTS) is 1. The first-order valence-electron chi connectivity index (χ1n) is 12.0. The second kappa shape index (κ2) is 11.0. The molecule has 0 radical (unpaired) electrons. The molecule has 0 saturated heterocycles. The highest BCUT2D eigenvalue weighted by Gasteiger charge is 2.31. The van der Waals surface area contributed by atoms with Crippen LogP contribution in [0.3, 0.4) is 0 Å². The summed E-state index contributed by atoms with van der Waals surface area (Å²) in [7, 11) is 0. The Hall–Kier alpha value is -3.55. The predicted molar refractivity (Wildman–Crippen MR) is 129 cm³/mol. The standard InChI is InChI=1S/C26H31N5O3/c1-2-3-8-24(32)31(21-15-13-20(14-16-21)26(33)34)17-18-9-11-19(12-10-18)22-6-4-5-7-23(22)25-27-29-30-28-25/h4-7,9-12,20-21H,2-3,8,13-17H2,1H3,(H,33,34)(H,27,28,29,30). The summed E-state index contributed by atoms with van der Waals surface area (Å²) in [5, 5.41) is 23.7. The maximum atomic E-state index is 13.1. The molecule has 0 bridgehead atoms. The summed E-state index contributed by atoms with van der Waals surface area (Å²) in [6.07, 6.45) is 5.11. The van der Waals surface area contributed by atoms with Crippen molar-refractivity contribution in [3.63, 3.8) is 0 Å². The number of aromatic nitrogens is 4. The molecule has 2 N–H and O–H groups in total. The molecule has 1 aliphatic carbocycles. The van der Waals surface area contributed by atoms with Crippen LogP contribution in [0.1, 0.15) is 57.4 Å². The lowest BCUT2D eigenvalue weighted by molar-refractivity contribution is -0.143. The zero-order chi connectivity index (χ0) is 23.9. The number of tetrazole rings is 1. The van der Waals surface area contributed by atoms with Crippen molar-refractivity contribution in [1.82, 2.24) is 25.5 Å². The van der Waals surface area contributed by atoms with Gasteiger partial charge in [0.15, 0.2) is 0 Å². The van der Waals surface area contributed by atoms with E-state index in [0.717, 1.165) is 47.9 Å². The molecule has 4 rings (SSSR count). The average molecular weight is 462 g/mol. The van der Waals surface area contributed by atoms with Crippen LogP contribution in [-0.2, 0) is 16.1 Å². The molecular weight excluding hydrogens is 430 g/mol. The first-order chi connectivity index (χ1) is 16.6. The van der Waals surface area contributed by atoms with Gasteiger partial charge in [-0.25, -0.2) is 0 Å². The minimum absolute atomic E-state index is 0.0959. The van der Waals surface area contributed by atoms with E-state index in [2.05, 4.69) is 51.8 Å². The number of H-pyrrole nitrogens is 1. The number of unbranched alkanes of at least 4 members (excludes halogenated alkanes) is 1.